The van der Waals surface area contributed by atoms with Crippen LogP contribution in [-0.4, -0.2) is 61.6 Å². The molecule has 30 heavy (non-hydrogen) atoms. The van der Waals surface area contributed by atoms with Crippen molar-refractivity contribution in [2.75, 3.05) is 11.9 Å². The second-order valence-electron chi connectivity index (χ2n) is 8.27. The second-order valence-corrected chi connectivity index (χ2v) is 8.27. The highest BCUT2D eigenvalue weighted by atomic mass is 19.1. The Balaban J connectivity index is 1.41. The Bertz CT molecular complexity index is 1080. The maximum Gasteiger partial charge on any atom is 0.185 e. The molecule has 0 spiro atoms. The lowest BCUT2D eigenvalue weighted by Crippen LogP contribution is -2.61. The van der Waals surface area contributed by atoms with Crippen molar-refractivity contribution in [3.05, 3.63) is 30.2 Å². The molecule has 5 rings (SSSR count). The van der Waals surface area contributed by atoms with E-state index in [9.17, 15) is 5.11 Å². The van der Waals surface area contributed by atoms with Crippen LogP contribution in [0.4, 0.5) is 10.2 Å². The molecule has 0 radical (unpaired) electrons. The molecule has 0 saturated carbocycles. The van der Waals surface area contributed by atoms with Gasteiger partial charge in [0.15, 0.2) is 11.6 Å². The maximum absolute atomic E-state index is 15.0. The van der Waals surface area contributed by atoms with Gasteiger partial charge in [-0.2, -0.15) is 0 Å². The van der Waals surface area contributed by atoms with Crippen molar-refractivity contribution in [3.63, 3.8) is 0 Å². The van der Waals surface area contributed by atoms with Crippen LogP contribution in [0.25, 0.3) is 22.4 Å². The standard InChI is InChI=1S/C21H24FN7O/c1-11-9-23-15-8-18(30)13(7-16(15)25-11)21-24-10-19(27-28-21)29(2)17-6-12-4-3-5-14(26-12)20(17)22/h7-10,12,14,17,20,26,30H,3-6H2,1-2H3/t12?,14?,17-,20+/m1/s1. The normalized spacial score (nSPS) is 26.0. The predicted octanol–water partition coefficient (Wildman–Crippen LogP) is 2.55. The van der Waals surface area contributed by atoms with Gasteiger partial charge in [0.1, 0.15) is 11.9 Å². The number of hydrogen-bond acceptors (Lipinski definition) is 8. The largest absolute Gasteiger partial charge is 0.507 e. The van der Waals surface area contributed by atoms with Crippen molar-refractivity contribution in [3.8, 4) is 17.1 Å². The number of phenolic OH excluding ortho intramolecular Hbond substituents is 1. The summed E-state index contributed by atoms with van der Waals surface area (Å²) in [5.41, 5.74) is 2.46. The van der Waals surface area contributed by atoms with Crippen LogP contribution < -0.4 is 10.2 Å². The van der Waals surface area contributed by atoms with Gasteiger partial charge in [-0.3, -0.25) is 4.98 Å². The molecule has 2 fully saturated rings. The van der Waals surface area contributed by atoms with Crippen molar-refractivity contribution >= 4 is 16.9 Å². The van der Waals surface area contributed by atoms with Gasteiger partial charge in [0.25, 0.3) is 0 Å². The van der Waals surface area contributed by atoms with Gasteiger partial charge < -0.3 is 15.3 Å². The number of nitrogens with one attached hydrogen (secondary N) is 1. The molecule has 2 bridgehead atoms. The smallest absolute Gasteiger partial charge is 0.185 e. The van der Waals surface area contributed by atoms with Gasteiger partial charge in [-0.25, -0.2) is 14.4 Å². The Kier molecular flexibility index (Phi) is 4.69. The summed E-state index contributed by atoms with van der Waals surface area (Å²) in [6, 6.07) is 3.25. The van der Waals surface area contributed by atoms with Gasteiger partial charge in [-0.05, 0) is 32.3 Å². The van der Waals surface area contributed by atoms with E-state index >= 15 is 4.39 Å². The minimum absolute atomic E-state index is 0.0126. The van der Waals surface area contributed by atoms with Crippen LogP contribution in [-0.2, 0) is 0 Å². The molecular weight excluding hydrogens is 385 g/mol. The number of fused-ring (bicyclic) bond motifs is 3. The number of rotatable bonds is 3. The minimum atomic E-state index is -0.959. The van der Waals surface area contributed by atoms with Gasteiger partial charge in [0.2, 0.25) is 0 Å². The average Bonchev–Trinajstić information content (AvgIpc) is 2.76. The number of aromatic hydroxyl groups is 1. The first-order valence-electron chi connectivity index (χ1n) is 10.3. The first kappa shape index (κ1) is 19.0. The molecular formula is C21H24FN7O. The summed E-state index contributed by atoms with van der Waals surface area (Å²) in [5, 5.41) is 22.3. The van der Waals surface area contributed by atoms with E-state index in [-0.39, 0.29) is 23.7 Å². The Hall–Kier alpha value is -2.94. The van der Waals surface area contributed by atoms with Crippen molar-refractivity contribution in [1.29, 1.82) is 0 Å². The monoisotopic (exact) mass is 409 g/mol. The lowest BCUT2D eigenvalue weighted by Gasteiger charge is -2.45. The summed E-state index contributed by atoms with van der Waals surface area (Å²) in [6.45, 7) is 1.86. The van der Waals surface area contributed by atoms with Crippen LogP contribution in [0.5, 0.6) is 5.75 Å². The Morgan fingerprint density at radius 2 is 2.00 bits per heavy atom. The van der Waals surface area contributed by atoms with Gasteiger partial charge in [-0.15, -0.1) is 10.2 Å². The molecule has 2 aromatic heterocycles. The number of halogens is 1. The Morgan fingerprint density at radius 3 is 2.80 bits per heavy atom. The molecule has 0 amide bonds. The first-order valence-corrected chi connectivity index (χ1v) is 10.3. The van der Waals surface area contributed by atoms with E-state index in [1.165, 1.54) is 0 Å². The molecule has 156 valence electrons. The number of benzene rings is 1. The number of hydrogen-bond donors (Lipinski definition) is 2. The predicted molar refractivity (Wildman–Crippen MR) is 111 cm³/mol. The van der Waals surface area contributed by atoms with E-state index in [0.717, 1.165) is 31.4 Å². The van der Waals surface area contributed by atoms with Crippen LogP contribution in [0, 0.1) is 6.92 Å². The maximum atomic E-state index is 15.0. The Morgan fingerprint density at radius 1 is 1.13 bits per heavy atom. The van der Waals surface area contributed by atoms with Crippen molar-refractivity contribution in [2.45, 2.75) is 56.9 Å². The number of nitrogens with zero attached hydrogens (tertiary/aromatic N) is 6. The molecule has 4 atom stereocenters. The fraction of sp³-hybridized carbons (Fsp3) is 0.476. The van der Waals surface area contributed by atoms with Crippen LogP contribution in [0.3, 0.4) is 0 Å². The van der Waals surface area contributed by atoms with Crippen molar-refractivity contribution in [1.82, 2.24) is 30.5 Å². The lowest BCUT2D eigenvalue weighted by atomic mass is 9.82. The number of anilines is 1. The third kappa shape index (κ3) is 3.32. The molecule has 8 nitrogen and oxygen atoms in total. The van der Waals surface area contributed by atoms with Crippen LogP contribution in [0.1, 0.15) is 31.4 Å². The highest BCUT2D eigenvalue weighted by molar-refractivity contribution is 5.83. The van der Waals surface area contributed by atoms with Gasteiger partial charge >= 0.3 is 0 Å². The fourth-order valence-electron chi connectivity index (χ4n) is 4.60. The highest BCUT2D eigenvalue weighted by Crippen LogP contribution is 2.33. The molecule has 2 N–H and O–H groups in total. The number of aryl methyl sites for hydroxylation is 1. The molecule has 1 aromatic carbocycles. The molecule has 2 unspecified atom stereocenters. The van der Waals surface area contributed by atoms with E-state index < -0.39 is 6.17 Å². The van der Waals surface area contributed by atoms with E-state index in [2.05, 4.69) is 30.5 Å². The molecule has 9 heteroatoms. The zero-order valence-electron chi connectivity index (χ0n) is 17.0. The number of piperidine rings is 2. The van der Waals surface area contributed by atoms with E-state index in [1.807, 2.05) is 18.9 Å². The van der Waals surface area contributed by atoms with E-state index in [1.54, 1.807) is 24.5 Å². The van der Waals surface area contributed by atoms with Gasteiger partial charge in [0, 0.05) is 31.4 Å². The molecule has 2 saturated heterocycles. The van der Waals surface area contributed by atoms with Crippen molar-refractivity contribution < 1.29 is 9.50 Å². The molecule has 3 aromatic rings. The second kappa shape index (κ2) is 7.39. The molecule has 2 aliphatic heterocycles. The van der Waals surface area contributed by atoms with Crippen LogP contribution >= 0.6 is 0 Å². The summed E-state index contributed by atoms with van der Waals surface area (Å²) in [4.78, 5) is 14.9. The summed E-state index contributed by atoms with van der Waals surface area (Å²) in [5.74, 6) is 0.815. The topological polar surface area (TPSA) is 100.0 Å². The number of aromatic nitrogens is 5. The number of phenols is 1. The quantitative estimate of drug-likeness (QED) is 0.681. The number of alkyl halides is 1. The first-order chi connectivity index (χ1) is 14.5. The summed E-state index contributed by atoms with van der Waals surface area (Å²) in [6.07, 6.45) is 6.04. The SMILES string of the molecule is Cc1cnc2cc(O)c(-c3ncc(N(C)[C@@H]4CC5CCCC(N5)[C@@H]4F)nn3)cc2n1. The summed E-state index contributed by atoms with van der Waals surface area (Å²) in [7, 11) is 1.84. The van der Waals surface area contributed by atoms with Crippen LogP contribution in [0.15, 0.2) is 24.5 Å². The van der Waals surface area contributed by atoms with E-state index in [0.29, 0.717) is 28.5 Å². The minimum Gasteiger partial charge on any atom is -0.507 e. The third-order valence-electron chi connectivity index (χ3n) is 6.22. The van der Waals surface area contributed by atoms with Gasteiger partial charge in [0.05, 0.1) is 34.5 Å². The summed E-state index contributed by atoms with van der Waals surface area (Å²) >= 11 is 0. The zero-order chi connectivity index (χ0) is 20.8. The Labute approximate surface area is 173 Å². The fourth-order valence-corrected chi connectivity index (χ4v) is 4.60. The molecule has 4 heterocycles. The average molecular weight is 409 g/mol. The van der Waals surface area contributed by atoms with E-state index in [4.69, 9.17) is 0 Å². The summed E-state index contributed by atoms with van der Waals surface area (Å²) < 4.78 is 15.0. The molecule has 2 aliphatic rings. The molecule has 0 aliphatic carbocycles. The van der Waals surface area contributed by atoms with Crippen LogP contribution in [0.2, 0.25) is 0 Å². The van der Waals surface area contributed by atoms with Crippen molar-refractivity contribution in [2.24, 2.45) is 0 Å². The third-order valence-corrected chi connectivity index (χ3v) is 6.22. The highest BCUT2D eigenvalue weighted by Gasteiger charge is 2.42. The zero-order valence-corrected chi connectivity index (χ0v) is 17.0. The lowest BCUT2D eigenvalue weighted by molar-refractivity contribution is 0.107. The van der Waals surface area contributed by atoms with Gasteiger partial charge in [-0.1, -0.05) is 6.42 Å².